The maximum absolute atomic E-state index is 11.4. The van der Waals surface area contributed by atoms with E-state index >= 15 is 0 Å². The third-order valence-electron chi connectivity index (χ3n) is 1.73. The van der Waals surface area contributed by atoms with Crippen LogP contribution in [0.2, 0.25) is 0 Å². The average molecular weight is 256 g/mol. The summed E-state index contributed by atoms with van der Waals surface area (Å²) in [5.74, 6) is 0.563. The van der Waals surface area contributed by atoms with Crippen LogP contribution in [0.25, 0.3) is 11.3 Å². The minimum Gasteiger partial charge on any atom is -0.380 e. The second kappa shape index (κ2) is 3.30. The van der Waals surface area contributed by atoms with Crippen LogP contribution in [0.3, 0.4) is 0 Å². The van der Waals surface area contributed by atoms with Gasteiger partial charge in [-0.15, -0.1) is 0 Å². The quantitative estimate of drug-likeness (QED) is 0.806. The maximum atomic E-state index is 11.4. The van der Waals surface area contributed by atoms with Crippen molar-refractivity contribution in [1.82, 2.24) is 10.1 Å². The topological polar surface area (TPSA) is 84.9 Å². The molecular formula is C8H6BrN3O2. The van der Waals surface area contributed by atoms with E-state index < -0.39 is 0 Å². The van der Waals surface area contributed by atoms with Crippen molar-refractivity contribution in [2.45, 2.75) is 0 Å². The Morgan fingerprint density at radius 2 is 2.36 bits per heavy atom. The number of pyridine rings is 1. The molecule has 0 aliphatic carbocycles. The summed E-state index contributed by atoms with van der Waals surface area (Å²) >= 11 is 3.19. The van der Waals surface area contributed by atoms with Gasteiger partial charge in [0.15, 0.2) is 17.0 Å². The lowest BCUT2D eigenvalue weighted by Crippen LogP contribution is -2.02. The Labute approximate surface area is 87.0 Å². The molecule has 0 unspecified atom stereocenters. The zero-order valence-corrected chi connectivity index (χ0v) is 8.54. The van der Waals surface area contributed by atoms with E-state index in [1.807, 2.05) is 0 Å². The molecule has 2 aromatic rings. The highest BCUT2D eigenvalue weighted by molar-refractivity contribution is 9.10. The predicted molar refractivity (Wildman–Crippen MR) is 54.7 cm³/mol. The van der Waals surface area contributed by atoms with Crippen LogP contribution < -0.4 is 11.2 Å². The molecule has 3 N–H and O–H groups in total. The van der Waals surface area contributed by atoms with Gasteiger partial charge in [0.25, 0.3) is 0 Å². The number of aromatic nitrogens is 2. The number of hydrogen-bond acceptors (Lipinski definition) is 4. The second-order valence-corrected chi connectivity index (χ2v) is 3.43. The van der Waals surface area contributed by atoms with Gasteiger partial charge in [0.1, 0.15) is 4.47 Å². The molecular weight excluding hydrogens is 250 g/mol. The first-order valence-electron chi connectivity index (χ1n) is 3.78. The number of nitrogen functional groups attached to an aromatic ring is 1. The maximum Gasteiger partial charge on any atom is 0.192 e. The van der Waals surface area contributed by atoms with Crippen molar-refractivity contribution in [3.63, 3.8) is 0 Å². The van der Waals surface area contributed by atoms with Gasteiger partial charge in [-0.2, -0.15) is 0 Å². The third kappa shape index (κ3) is 1.33. The van der Waals surface area contributed by atoms with Crippen LogP contribution in [0.5, 0.6) is 0 Å². The van der Waals surface area contributed by atoms with E-state index in [0.717, 1.165) is 0 Å². The highest BCUT2D eigenvalue weighted by Gasteiger charge is 2.15. The van der Waals surface area contributed by atoms with Gasteiger partial charge in [-0.3, -0.25) is 4.79 Å². The molecule has 0 fully saturated rings. The molecule has 2 rings (SSSR count). The number of nitrogens with one attached hydrogen (secondary N) is 1. The fraction of sp³-hybridized carbons (Fsp3) is 0. The molecule has 72 valence electrons. The lowest BCUT2D eigenvalue weighted by atomic mass is 10.2. The summed E-state index contributed by atoms with van der Waals surface area (Å²) in [6, 6.07) is 1.40. The van der Waals surface area contributed by atoms with Crippen LogP contribution in [0.4, 0.5) is 5.82 Å². The van der Waals surface area contributed by atoms with Crippen LogP contribution in [0.1, 0.15) is 0 Å². The van der Waals surface area contributed by atoms with Crippen LogP contribution in [0, 0.1) is 0 Å². The zero-order chi connectivity index (χ0) is 10.1. The van der Waals surface area contributed by atoms with Gasteiger partial charge in [-0.05, 0) is 15.9 Å². The van der Waals surface area contributed by atoms with E-state index in [0.29, 0.717) is 15.8 Å². The van der Waals surface area contributed by atoms with Gasteiger partial charge in [0.05, 0.1) is 5.56 Å². The van der Waals surface area contributed by atoms with Crippen molar-refractivity contribution in [1.29, 1.82) is 0 Å². The fourth-order valence-electron chi connectivity index (χ4n) is 1.05. The van der Waals surface area contributed by atoms with Gasteiger partial charge in [0, 0.05) is 18.5 Å². The molecule has 0 saturated carbocycles. The number of aromatic amines is 1. The molecule has 0 atom stereocenters. The first-order chi connectivity index (χ1) is 6.70. The summed E-state index contributed by atoms with van der Waals surface area (Å²) in [5, 5.41) is 3.54. The largest absolute Gasteiger partial charge is 0.380 e. The van der Waals surface area contributed by atoms with E-state index in [2.05, 4.69) is 26.1 Å². The molecule has 0 radical (unpaired) electrons. The van der Waals surface area contributed by atoms with E-state index in [-0.39, 0.29) is 11.2 Å². The SMILES string of the molecule is Nc1noc(-c2c[nH]ccc2=O)c1Br. The molecule has 2 aromatic heterocycles. The van der Waals surface area contributed by atoms with E-state index in [9.17, 15) is 4.79 Å². The van der Waals surface area contributed by atoms with E-state index in [4.69, 9.17) is 10.3 Å². The standard InChI is InChI=1S/C8H6BrN3O2/c9-6-7(14-12-8(6)10)4-3-11-2-1-5(4)13/h1-3H,(H2,10,12)(H,11,13). The molecule has 0 aliphatic heterocycles. The molecule has 6 heteroatoms. The first-order valence-corrected chi connectivity index (χ1v) is 4.57. The summed E-state index contributed by atoms with van der Waals surface area (Å²) in [4.78, 5) is 14.2. The van der Waals surface area contributed by atoms with Crippen molar-refractivity contribution in [2.24, 2.45) is 0 Å². The van der Waals surface area contributed by atoms with Gasteiger partial charge in [-0.1, -0.05) is 5.16 Å². The van der Waals surface area contributed by atoms with Gasteiger partial charge in [0.2, 0.25) is 0 Å². The number of rotatable bonds is 1. The Balaban J connectivity index is 2.67. The lowest BCUT2D eigenvalue weighted by molar-refractivity contribution is 0.435. The van der Waals surface area contributed by atoms with Gasteiger partial charge < -0.3 is 15.2 Å². The van der Waals surface area contributed by atoms with Crippen LogP contribution in [-0.4, -0.2) is 10.1 Å². The second-order valence-electron chi connectivity index (χ2n) is 2.63. The molecule has 0 amide bonds. The van der Waals surface area contributed by atoms with Crippen molar-refractivity contribution < 1.29 is 4.52 Å². The monoisotopic (exact) mass is 255 g/mol. The van der Waals surface area contributed by atoms with Crippen molar-refractivity contribution in [3.05, 3.63) is 33.2 Å². The first kappa shape index (κ1) is 9.01. The lowest BCUT2D eigenvalue weighted by Gasteiger charge is -1.93. The summed E-state index contributed by atoms with van der Waals surface area (Å²) in [6.07, 6.45) is 3.08. The molecule has 2 heterocycles. The Hall–Kier alpha value is -1.56. The molecule has 5 nitrogen and oxygen atoms in total. The number of halogens is 1. The van der Waals surface area contributed by atoms with Crippen LogP contribution in [0.15, 0.2) is 32.3 Å². The van der Waals surface area contributed by atoms with Crippen LogP contribution in [-0.2, 0) is 0 Å². The molecule has 0 bridgehead atoms. The number of H-pyrrole nitrogens is 1. The Morgan fingerprint density at radius 1 is 1.57 bits per heavy atom. The minimum absolute atomic E-state index is 0.152. The van der Waals surface area contributed by atoms with Crippen molar-refractivity contribution >= 4 is 21.7 Å². The average Bonchev–Trinajstić information content (AvgIpc) is 2.49. The Bertz CT molecular complexity index is 517. The zero-order valence-electron chi connectivity index (χ0n) is 6.95. The van der Waals surface area contributed by atoms with Crippen molar-refractivity contribution in [2.75, 3.05) is 5.73 Å². The Kier molecular flexibility index (Phi) is 2.12. The smallest absolute Gasteiger partial charge is 0.192 e. The summed E-state index contributed by atoms with van der Waals surface area (Å²) in [7, 11) is 0. The van der Waals surface area contributed by atoms with Crippen LogP contribution >= 0.6 is 15.9 Å². The summed E-state index contributed by atoms with van der Waals surface area (Å²) in [5.41, 5.74) is 5.70. The fourth-order valence-corrected chi connectivity index (χ4v) is 1.41. The molecule has 0 spiro atoms. The molecule has 14 heavy (non-hydrogen) atoms. The number of nitrogens with two attached hydrogens (primary N) is 1. The van der Waals surface area contributed by atoms with E-state index in [1.54, 1.807) is 6.20 Å². The number of hydrogen-bond donors (Lipinski definition) is 2. The third-order valence-corrected chi connectivity index (χ3v) is 2.49. The number of nitrogens with zero attached hydrogens (tertiary/aromatic N) is 1. The summed E-state index contributed by atoms with van der Waals surface area (Å²) in [6.45, 7) is 0. The van der Waals surface area contributed by atoms with Gasteiger partial charge in [-0.25, -0.2) is 0 Å². The highest BCUT2D eigenvalue weighted by Crippen LogP contribution is 2.29. The highest BCUT2D eigenvalue weighted by atomic mass is 79.9. The molecule has 0 aliphatic rings. The summed E-state index contributed by atoms with van der Waals surface area (Å²) < 4.78 is 5.41. The molecule has 0 aromatic carbocycles. The minimum atomic E-state index is -0.152. The van der Waals surface area contributed by atoms with Crippen molar-refractivity contribution in [3.8, 4) is 11.3 Å². The Morgan fingerprint density at radius 3 is 2.93 bits per heavy atom. The predicted octanol–water partition coefficient (Wildman–Crippen LogP) is 1.37. The number of anilines is 1. The molecule has 0 saturated heterocycles. The normalized spacial score (nSPS) is 10.4. The van der Waals surface area contributed by atoms with Gasteiger partial charge >= 0.3 is 0 Å². The van der Waals surface area contributed by atoms with E-state index in [1.165, 1.54) is 12.3 Å².